The molecule has 100 valence electrons. The van der Waals surface area contributed by atoms with Crippen molar-refractivity contribution < 1.29 is 9.53 Å². The second-order valence-corrected chi connectivity index (χ2v) is 6.95. The van der Waals surface area contributed by atoms with Crippen LogP contribution >= 0.6 is 11.3 Å². The smallest absolute Gasteiger partial charge is 0.339 e. The van der Waals surface area contributed by atoms with E-state index in [1.165, 1.54) is 23.3 Å². The van der Waals surface area contributed by atoms with Crippen LogP contribution < -0.4 is 0 Å². The highest BCUT2D eigenvalue weighted by molar-refractivity contribution is 7.10. The fraction of sp³-hybridized carbons (Fsp3) is 0.667. The fourth-order valence-electron chi connectivity index (χ4n) is 2.60. The maximum absolute atomic E-state index is 12.2. The van der Waals surface area contributed by atoms with Crippen LogP contribution in [-0.4, -0.2) is 11.6 Å². The van der Waals surface area contributed by atoms with Crippen LogP contribution in [-0.2, 0) is 11.2 Å². The lowest BCUT2D eigenvalue weighted by Crippen LogP contribution is -2.25. The van der Waals surface area contributed by atoms with Crippen LogP contribution in [0.5, 0.6) is 0 Å². The number of ether oxygens (including phenoxy) is 1. The van der Waals surface area contributed by atoms with E-state index in [1.807, 2.05) is 26.2 Å². The zero-order chi connectivity index (χ0) is 13.3. The maximum atomic E-state index is 12.2. The molecule has 1 unspecified atom stereocenters. The molecule has 0 saturated heterocycles. The quantitative estimate of drug-likeness (QED) is 0.735. The summed E-state index contributed by atoms with van der Waals surface area (Å²) < 4.78 is 5.51. The molecule has 0 N–H and O–H groups in total. The molecule has 0 spiro atoms. The summed E-state index contributed by atoms with van der Waals surface area (Å²) in [7, 11) is 0. The van der Waals surface area contributed by atoms with Crippen LogP contribution in [0, 0.1) is 0 Å². The first-order valence-corrected chi connectivity index (χ1v) is 7.64. The number of hydrogen-bond donors (Lipinski definition) is 0. The summed E-state index contributed by atoms with van der Waals surface area (Å²) in [6.07, 6.45) is 4.69. The van der Waals surface area contributed by atoms with Gasteiger partial charge < -0.3 is 4.74 Å². The maximum Gasteiger partial charge on any atom is 0.339 e. The zero-order valence-corrected chi connectivity index (χ0v) is 12.5. The molecule has 1 aromatic heterocycles. The molecule has 1 atom stereocenters. The van der Waals surface area contributed by atoms with Crippen molar-refractivity contribution in [2.24, 2.45) is 0 Å². The van der Waals surface area contributed by atoms with E-state index < -0.39 is 5.60 Å². The third-order valence-corrected chi connectivity index (χ3v) is 4.45. The molecule has 1 aliphatic rings. The highest BCUT2D eigenvalue weighted by Gasteiger charge is 2.29. The van der Waals surface area contributed by atoms with Gasteiger partial charge in [0.1, 0.15) is 5.60 Å². The van der Waals surface area contributed by atoms with Crippen molar-refractivity contribution in [2.75, 3.05) is 0 Å². The van der Waals surface area contributed by atoms with Gasteiger partial charge in [0.05, 0.1) is 5.56 Å². The molecule has 1 aromatic rings. The number of carbonyl (C=O) groups is 1. The Kier molecular flexibility index (Phi) is 3.81. The number of carbonyl (C=O) groups excluding carboxylic acids is 1. The number of esters is 1. The van der Waals surface area contributed by atoms with Crippen molar-refractivity contribution in [3.63, 3.8) is 0 Å². The number of fused-ring (bicyclic) bond motifs is 1. The topological polar surface area (TPSA) is 26.3 Å². The molecule has 3 heteroatoms. The van der Waals surface area contributed by atoms with E-state index >= 15 is 0 Å². The molecule has 1 aliphatic carbocycles. The molecule has 1 heterocycles. The standard InChI is InChI=1S/C15H22O2S/c1-5-10-7-6-8-12-13(10)11(9-18-12)14(16)17-15(2,3)4/h9-10H,5-8H2,1-4H3. The van der Waals surface area contributed by atoms with Crippen molar-refractivity contribution in [3.05, 3.63) is 21.4 Å². The van der Waals surface area contributed by atoms with E-state index in [-0.39, 0.29) is 5.97 Å². The molecular weight excluding hydrogens is 244 g/mol. The van der Waals surface area contributed by atoms with Crippen LogP contribution in [0.25, 0.3) is 0 Å². The lowest BCUT2D eigenvalue weighted by Gasteiger charge is -2.24. The van der Waals surface area contributed by atoms with Gasteiger partial charge in [-0.2, -0.15) is 0 Å². The summed E-state index contributed by atoms with van der Waals surface area (Å²) in [5, 5.41) is 1.99. The van der Waals surface area contributed by atoms with Crippen molar-refractivity contribution in [2.45, 2.75) is 64.9 Å². The van der Waals surface area contributed by atoms with E-state index in [0.29, 0.717) is 5.92 Å². The van der Waals surface area contributed by atoms with E-state index in [1.54, 1.807) is 11.3 Å². The van der Waals surface area contributed by atoms with E-state index in [9.17, 15) is 4.79 Å². The van der Waals surface area contributed by atoms with Gasteiger partial charge in [0.25, 0.3) is 0 Å². The highest BCUT2D eigenvalue weighted by atomic mass is 32.1. The van der Waals surface area contributed by atoms with Crippen molar-refractivity contribution >= 4 is 17.3 Å². The molecule has 0 bridgehead atoms. The van der Waals surface area contributed by atoms with Crippen molar-refractivity contribution in [3.8, 4) is 0 Å². The van der Waals surface area contributed by atoms with Gasteiger partial charge in [-0.15, -0.1) is 11.3 Å². The lowest BCUT2D eigenvalue weighted by atomic mass is 9.83. The molecule has 0 amide bonds. The Morgan fingerprint density at radius 1 is 1.50 bits per heavy atom. The SMILES string of the molecule is CCC1CCCc2scc(C(=O)OC(C)(C)C)c21. The van der Waals surface area contributed by atoms with Gasteiger partial charge in [0, 0.05) is 10.3 Å². The summed E-state index contributed by atoms with van der Waals surface area (Å²) in [6.45, 7) is 7.96. The Morgan fingerprint density at radius 3 is 2.83 bits per heavy atom. The summed E-state index contributed by atoms with van der Waals surface area (Å²) >= 11 is 1.72. The van der Waals surface area contributed by atoms with Gasteiger partial charge in [0.15, 0.2) is 0 Å². The van der Waals surface area contributed by atoms with Crippen LogP contribution in [0.15, 0.2) is 5.38 Å². The monoisotopic (exact) mass is 266 g/mol. The van der Waals surface area contributed by atoms with Crippen LogP contribution in [0.4, 0.5) is 0 Å². The van der Waals surface area contributed by atoms with Gasteiger partial charge in [-0.25, -0.2) is 4.79 Å². The van der Waals surface area contributed by atoms with Gasteiger partial charge in [-0.1, -0.05) is 6.92 Å². The first kappa shape index (κ1) is 13.6. The molecular formula is C15H22O2S. The predicted octanol–water partition coefficient (Wildman–Crippen LogP) is 4.53. The predicted molar refractivity (Wildman–Crippen MR) is 75.5 cm³/mol. The number of hydrogen-bond acceptors (Lipinski definition) is 3. The summed E-state index contributed by atoms with van der Waals surface area (Å²) in [5.41, 5.74) is 1.68. The highest BCUT2D eigenvalue weighted by Crippen LogP contribution is 2.40. The van der Waals surface area contributed by atoms with Crippen LogP contribution in [0.1, 0.15) is 73.7 Å². The largest absolute Gasteiger partial charge is 0.456 e. The minimum absolute atomic E-state index is 0.152. The minimum atomic E-state index is -0.414. The Morgan fingerprint density at radius 2 is 2.22 bits per heavy atom. The van der Waals surface area contributed by atoms with Gasteiger partial charge in [0.2, 0.25) is 0 Å². The third-order valence-electron chi connectivity index (χ3n) is 3.39. The van der Waals surface area contributed by atoms with E-state index in [4.69, 9.17) is 4.74 Å². The van der Waals surface area contributed by atoms with Crippen LogP contribution in [0.3, 0.4) is 0 Å². The van der Waals surface area contributed by atoms with Gasteiger partial charge in [-0.3, -0.25) is 0 Å². The number of rotatable bonds is 2. The minimum Gasteiger partial charge on any atom is -0.456 e. The second-order valence-electron chi connectivity index (χ2n) is 5.99. The average Bonchev–Trinajstić information content (AvgIpc) is 2.70. The first-order valence-electron chi connectivity index (χ1n) is 6.76. The molecule has 0 radical (unpaired) electrons. The van der Waals surface area contributed by atoms with E-state index in [2.05, 4.69) is 6.92 Å². The Labute approximate surface area is 113 Å². The van der Waals surface area contributed by atoms with Gasteiger partial charge >= 0.3 is 5.97 Å². The summed E-state index contributed by atoms with van der Waals surface area (Å²) in [4.78, 5) is 13.6. The molecule has 0 aliphatic heterocycles. The average molecular weight is 266 g/mol. The number of thiophene rings is 1. The van der Waals surface area contributed by atoms with Crippen molar-refractivity contribution in [1.82, 2.24) is 0 Å². The number of aryl methyl sites for hydroxylation is 1. The normalized spacial score (nSPS) is 19.4. The summed E-state index contributed by atoms with van der Waals surface area (Å²) in [6, 6.07) is 0. The molecule has 0 aromatic carbocycles. The lowest BCUT2D eigenvalue weighted by molar-refractivity contribution is 0.00681. The molecule has 0 fully saturated rings. The van der Waals surface area contributed by atoms with Gasteiger partial charge in [-0.05, 0) is 57.9 Å². The molecule has 2 rings (SSSR count). The molecule has 18 heavy (non-hydrogen) atoms. The summed E-state index contributed by atoms with van der Waals surface area (Å²) in [5.74, 6) is 0.392. The Hall–Kier alpha value is -0.830. The van der Waals surface area contributed by atoms with Crippen molar-refractivity contribution in [1.29, 1.82) is 0 Å². The molecule has 0 saturated carbocycles. The fourth-order valence-corrected chi connectivity index (χ4v) is 3.75. The molecule has 2 nitrogen and oxygen atoms in total. The Bertz CT molecular complexity index is 440. The first-order chi connectivity index (χ1) is 8.42. The van der Waals surface area contributed by atoms with Crippen LogP contribution in [0.2, 0.25) is 0 Å². The Balaban J connectivity index is 2.30. The van der Waals surface area contributed by atoms with E-state index in [0.717, 1.165) is 18.4 Å². The second kappa shape index (κ2) is 5.04. The zero-order valence-electron chi connectivity index (χ0n) is 11.7. The third kappa shape index (κ3) is 2.77.